The van der Waals surface area contributed by atoms with Crippen molar-refractivity contribution in [3.05, 3.63) is 35.9 Å². The van der Waals surface area contributed by atoms with Gasteiger partial charge in [0.25, 0.3) is 0 Å². The van der Waals surface area contributed by atoms with Crippen LogP contribution in [-0.4, -0.2) is 110 Å². The quantitative estimate of drug-likeness (QED) is 0.109. The molecular formula is C24H33N5O11. The van der Waals surface area contributed by atoms with Crippen molar-refractivity contribution in [1.82, 2.24) is 26.6 Å². The topological polar surface area (TPSA) is 231 Å². The molecule has 0 aromatic heterocycles. The average molecular weight is 568 g/mol. The minimum absolute atomic E-state index is 0.0417. The van der Waals surface area contributed by atoms with E-state index in [1.54, 1.807) is 24.3 Å². The zero-order chi connectivity index (χ0) is 29.5. The number of nitrogens with one attached hydrogen (secondary N) is 5. The van der Waals surface area contributed by atoms with Gasteiger partial charge in [-0.05, 0) is 5.56 Å². The highest BCUT2D eigenvalue weighted by Gasteiger charge is 2.43. The molecule has 16 heteroatoms. The first-order valence-electron chi connectivity index (χ1n) is 12.2. The van der Waals surface area contributed by atoms with E-state index in [0.717, 1.165) is 12.7 Å². The molecule has 2 rings (SSSR count). The lowest BCUT2D eigenvalue weighted by Crippen LogP contribution is -2.45. The Balaban J connectivity index is 1.61. The number of methoxy groups -OCH3 is 1. The maximum Gasteiger partial charge on any atom is 0.407 e. The Morgan fingerprint density at radius 3 is 1.85 bits per heavy atom. The molecule has 1 aliphatic rings. The maximum absolute atomic E-state index is 12.2. The maximum atomic E-state index is 12.2. The minimum atomic E-state index is -1.42. The van der Waals surface area contributed by atoms with Gasteiger partial charge in [0.15, 0.2) is 0 Å². The van der Waals surface area contributed by atoms with E-state index in [0.29, 0.717) is 0 Å². The summed E-state index contributed by atoms with van der Waals surface area (Å²) in [6, 6.07) is 8.98. The largest absolute Gasteiger partial charge is 0.468 e. The first-order valence-corrected chi connectivity index (χ1v) is 12.2. The van der Waals surface area contributed by atoms with Gasteiger partial charge in [-0.3, -0.25) is 24.0 Å². The van der Waals surface area contributed by atoms with Gasteiger partial charge < -0.3 is 51.0 Å². The Hall–Kier alpha value is -4.28. The molecule has 0 saturated carbocycles. The van der Waals surface area contributed by atoms with E-state index in [1.807, 2.05) is 6.07 Å². The molecule has 1 aromatic carbocycles. The number of ether oxygens (including phenoxy) is 3. The number of esters is 1. The molecule has 7 N–H and O–H groups in total. The number of hydrogen-bond donors (Lipinski definition) is 7. The van der Waals surface area contributed by atoms with Gasteiger partial charge in [-0.1, -0.05) is 30.3 Å². The smallest absolute Gasteiger partial charge is 0.407 e. The summed E-state index contributed by atoms with van der Waals surface area (Å²) in [6.07, 6.45) is -6.03. The predicted octanol–water partition coefficient (Wildman–Crippen LogP) is -3.57. The molecule has 5 amide bonds. The van der Waals surface area contributed by atoms with Crippen LogP contribution in [0.3, 0.4) is 0 Å². The first kappa shape index (κ1) is 31.9. The monoisotopic (exact) mass is 567 g/mol. The van der Waals surface area contributed by atoms with E-state index in [9.17, 15) is 39.0 Å². The zero-order valence-electron chi connectivity index (χ0n) is 21.7. The number of aliphatic hydroxyl groups excluding tert-OH is 2. The van der Waals surface area contributed by atoms with Crippen molar-refractivity contribution in [2.45, 2.75) is 37.4 Å². The van der Waals surface area contributed by atoms with Gasteiger partial charge in [0.2, 0.25) is 23.6 Å². The summed E-state index contributed by atoms with van der Waals surface area (Å²) in [6.45, 7) is -1.89. The number of alkyl carbamates (subject to hydrolysis) is 1. The molecule has 0 radical (unpaired) electrons. The molecule has 0 bridgehead atoms. The SMILES string of the molecule is COC(=O)CNC(=O)CNC(=O)CNC(=O)CNC(=O)C[C@@H]1O[C@H](CNC(=O)OCc2ccccc2)[C@@H](O)[C@H]1O. The molecule has 16 nitrogen and oxygen atoms in total. The minimum Gasteiger partial charge on any atom is -0.468 e. The van der Waals surface area contributed by atoms with E-state index in [1.165, 1.54) is 0 Å². The summed E-state index contributed by atoms with van der Waals surface area (Å²) >= 11 is 0. The van der Waals surface area contributed by atoms with Gasteiger partial charge in [-0.2, -0.15) is 0 Å². The Labute approximate surface area is 229 Å². The molecule has 1 heterocycles. The van der Waals surface area contributed by atoms with E-state index in [-0.39, 0.29) is 26.1 Å². The normalized spacial score (nSPS) is 19.6. The molecule has 1 saturated heterocycles. The average Bonchev–Trinajstić information content (AvgIpc) is 3.22. The number of aliphatic hydroxyl groups is 2. The van der Waals surface area contributed by atoms with E-state index < -0.39 is 79.7 Å². The molecule has 1 fully saturated rings. The summed E-state index contributed by atoms with van der Waals surface area (Å²) < 4.78 is 14.9. The molecule has 1 aromatic rings. The van der Waals surface area contributed by atoms with Crippen molar-refractivity contribution in [3.63, 3.8) is 0 Å². The first-order chi connectivity index (χ1) is 19.1. The molecule has 0 unspecified atom stereocenters. The van der Waals surface area contributed by atoms with E-state index >= 15 is 0 Å². The van der Waals surface area contributed by atoms with Crippen LogP contribution in [-0.2, 0) is 44.8 Å². The van der Waals surface area contributed by atoms with E-state index in [2.05, 4.69) is 31.3 Å². The van der Waals surface area contributed by atoms with Crippen molar-refractivity contribution in [2.24, 2.45) is 0 Å². The van der Waals surface area contributed by atoms with Crippen molar-refractivity contribution in [1.29, 1.82) is 0 Å². The van der Waals surface area contributed by atoms with Gasteiger partial charge in [0.05, 0.1) is 39.3 Å². The highest BCUT2D eigenvalue weighted by atomic mass is 16.6. The van der Waals surface area contributed by atoms with Crippen LogP contribution in [0, 0.1) is 0 Å². The highest BCUT2D eigenvalue weighted by Crippen LogP contribution is 2.23. The lowest BCUT2D eigenvalue weighted by Gasteiger charge is -2.15. The summed E-state index contributed by atoms with van der Waals surface area (Å²) in [5.74, 6) is -3.36. The second kappa shape index (κ2) is 16.6. The van der Waals surface area contributed by atoms with Crippen molar-refractivity contribution in [3.8, 4) is 0 Å². The van der Waals surface area contributed by atoms with Gasteiger partial charge >= 0.3 is 12.1 Å². The summed E-state index contributed by atoms with van der Waals surface area (Å²) in [5.41, 5.74) is 0.784. The Bertz CT molecular complexity index is 1040. The van der Waals surface area contributed by atoms with Crippen LogP contribution in [0.1, 0.15) is 12.0 Å². The van der Waals surface area contributed by atoms with Gasteiger partial charge in [0, 0.05) is 6.54 Å². The third-order valence-electron chi connectivity index (χ3n) is 5.50. The molecule has 4 atom stereocenters. The summed E-state index contributed by atoms with van der Waals surface area (Å²) in [7, 11) is 1.15. The lowest BCUT2D eigenvalue weighted by molar-refractivity contribution is -0.141. The van der Waals surface area contributed by atoms with Crippen LogP contribution in [0.15, 0.2) is 30.3 Å². The summed E-state index contributed by atoms with van der Waals surface area (Å²) in [4.78, 5) is 70.1. The zero-order valence-corrected chi connectivity index (χ0v) is 21.7. The Morgan fingerprint density at radius 1 is 0.750 bits per heavy atom. The van der Waals surface area contributed by atoms with Crippen molar-refractivity contribution >= 4 is 35.7 Å². The van der Waals surface area contributed by atoms with Crippen molar-refractivity contribution in [2.75, 3.05) is 39.8 Å². The summed E-state index contributed by atoms with van der Waals surface area (Å²) in [5, 5.41) is 31.8. The van der Waals surface area contributed by atoms with Crippen LogP contribution in [0.4, 0.5) is 4.79 Å². The number of hydrogen-bond acceptors (Lipinski definition) is 11. The third kappa shape index (κ3) is 11.6. The fraction of sp³-hybridized carbons (Fsp3) is 0.500. The lowest BCUT2D eigenvalue weighted by atomic mass is 10.1. The number of carbonyl (C=O) groups excluding carboxylic acids is 6. The van der Waals surface area contributed by atoms with Gasteiger partial charge in [0.1, 0.15) is 31.5 Å². The molecule has 220 valence electrons. The fourth-order valence-corrected chi connectivity index (χ4v) is 3.34. The van der Waals surface area contributed by atoms with Gasteiger partial charge in [-0.15, -0.1) is 0 Å². The van der Waals surface area contributed by atoms with Gasteiger partial charge in [-0.25, -0.2) is 4.79 Å². The van der Waals surface area contributed by atoms with Crippen LogP contribution in [0.5, 0.6) is 0 Å². The number of carbonyl (C=O) groups is 6. The molecule has 0 aliphatic carbocycles. The highest BCUT2D eigenvalue weighted by molar-refractivity contribution is 5.90. The number of amides is 5. The second-order valence-corrected chi connectivity index (χ2v) is 8.52. The molecule has 0 spiro atoms. The van der Waals surface area contributed by atoms with Crippen LogP contribution in [0.25, 0.3) is 0 Å². The fourth-order valence-electron chi connectivity index (χ4n) is 3.34. The Morgan fingerprint density at radius 2 is 1.27 bits per heavy atom. The third-order valence-corrected chi connectivity index (χ3v) is 5.50. The van der Waals surface area contributed by atoms with E-state index in [4.69, 9.17) is 9.47 Å². The van der Waals surface area contributed by atoms with Crippen LogP contribution in [0.2, 0.25) is 0 Å². The van der Waals surface area contributed by atoms with Crippen LogP contribution >= 0.6 is 0 Å². The van der Waals surface area contributed by atoms with Crippen molar-refractivity contribution < 1.29 is 53.2 Å². The number of benzene rings is 1. The molecule has 40 heavy (non-hydrogen) atoms. The molecule has 1 aliphatic heterocycles. The second-order valence-electron chi connectivity index (χ2n) is 8.52. The standard InChI is InChI=1S/C24H33N5O11/c1-38-21(34)12-28-20(33)11-27-19(32)10-26-18(31)9-25-17(30)7-15-22(35)23(36)16(40-15)8-29-24(37)39-13-14-5-3-2-4-6-14/h2-6,15-16,22-23,35-36H,7-13H2,1H3,(H,25,30)(H,26,31)(H,27,32)(H,28,33)(H,29,37)/t15-,16+,22-,23+/m0/s1. The molecular weight excluding hydrogens is 534 g/mol. The van der Waals surface area contributed by atoms with Crippen LogP contribution < -0.4 is 26.6 Å². The number of rotatable bonds is 14. The predicted molar refractivity (Wildman–Crippen MR) is 134 cm³/mol. The Kier molecular flexibility index (Phi) is 13.3.